The van der Waals surface area contributed by atoms with Crippen molar-refractivity contribution in [2.24, 2.45) is 0 Å². The van der Waals surface area contributed by atoms with Crippen LogP contribution < -0.4 is 5.73 Å². The summed E-state index contributed by atoms with van der Waals surface area (Å²) in [5.74, 6) is 0.106. The lowest BCUT2D eigenvalue weighted by atomic mass is 9.96. The largest absolute Gasteiger partial charge is 0.397 e. The van der Waals surface area contributed by atoms with Crippen molar-refractivity contribution >= 4 is 22.9 Å². The number of pyridine rings is 1. The van der Waals surface area contributed by atoms with E-state index in [-0.39, 0.29) is 5.91 Å². The Morgan fingerprint density at radius 1 is 1.08 bits per heavy atom. The first-order chi connectivity index (χ1) is 11.6. The molecule has 0 atom stereocenters. The molecule has 0 aliphatic carbocycles. The maximum absolute atomic E-state index is 12.4. The number of nitrogens with zero attached hydrogens (tertiary/aromatic N) is 2. The lowest BCUT2D eigenvalue weighted by Crippen LogP contribution is -2.34. The van der Waals surface area contributed by atoms with Crippen LogP contribution in [0.5, 0.6) is 0 Å². The Morgan fingerprint density at radius 2 is 1.88 bits per heavy atom. The van der Waals surface area contributed by atoms with Crippen LogP contribution in [0.3, 0.4) is 0 Å². The summed E-state index contributed by atoms with van der Waals surface area (Å²) in [5, 5.41) is 0. The minimum absolute atomic E-state index is 0.106. The molecule has 0 saturated carbocycles. The SMILES string of the molecule is CN1CCc2ccc(-c3ccc(-c4cncc(N)c4)s3)cc2C1=O. The van der Waals surface area contributed by atoms with Crippen LogP contribution in [0.2, 0.25) is 0 Å². The van der Waals surface area contributed by atoms with E-state index in [0.29, 0.717) is 5.69 Å². The molecule has 3 heterocycles. The molecule has 1 aromatic carbocycles. The minimum atomic E-state index is 0.106. The number of carbonyl (C=O) groups is 1. The number of anilines is 1. The fourth-order valence-corrected chi connectivity index (χ4v) is 3.97. The van der Waals surface area contributed by atoms with Crippen molar-refractivity contribution in [2.45, 2.75) is 6.42 Å². The summed E-state index contributed by atoms with van der Waals surface area (Å²) in [6, 6.07) is 12.3. The highest BCUT2D eigenvalue weighted by Gasteiger charge is 2.22. The van der Waals surface area contributed by atoms with Gasteiger partial charge < -0.3 is 10.6 Å². The fourth-order valence-electron chi connectivity index (χ4n) is 2.98. The van der Waals surface area contributed by atoms with Crippen LogP contribution in [-0.2, 0) is 6.42 Å². The molecule has 1 aliphatic rings. The quantitative estimate of drug-likeness (QED) is 0.777. The van der Waals surface area contributed by atoms with Gasteiger partial charge in [-0.25, -0.2) is 0 Å². The lowest BCUT2D eigenvalue weighted by molar-refractivity contribution is 0.0781. The lowest BCUT2D eigenvalue weighted by Gasteiger charge is -2.25. The number of aromatic nitrogens is 1. The third-order valence-corrected chi connectivity index (χ3v) is 5.52. The van der Waals surface area contributed by atoms with Gasteiger partial charge in [0.25, 0.3) is 5.91 Å². The Balaban J connectivity index is 1.72. The number of rotatable bonds is 2. The molecule has 24 heavy (non-hydrogen) atoms. The molecule has 0 radical (unpaired) electrons. The third kappa shape index (κ3) is 2.57. The van der Waals surface area contributed by atoms with Crippen molar-refractivity contribution in [1.29, 1.82) is 0 Å². The van der Waals surface area contributed by atoms with Crippen LogP contribution in [0.1, 0.15) is 15.9 Å². The third-order valence-electron chi connectivity index (χ3n) is 4.34. The predicted molar refractivity (Wildman–Crippen MR) is 98.1 cm³/mol. The van der Waals surface area contributed by atoms with Gasteiger partial charge in [-0.05, 0) is 41.8 Å². The summed E-state index contributed by atoms with van der Waals surface area (Å²) in [4.78, 5) is 20.6. The molecule has 0 bridgehead atoms. The van der Waals surface area contributed by atoms with Gasteiger partial charge in [0, 0.05) is 46.9 Å². The van der Waals surface area contributed by atoms with Gasteiger partial charge in [-0.15, -0.1) is 11.3 Å². The van der Waals surface area contributed by atoms with Gasteiger partial charge in [-0.3, -0.25) is 9.78 Å². The molecule has 2 N–H and O–H groups in total. The zero-order valence-corrected chi connectivity index (χ0v) is 14.1. The molecule has 120 valence electrons. The molecule has 1 aliphatic heterocycles. The molecule has 0 saturated heterocycles. The fraction of sp³-hybridized carbons (Fsp3) is 0.158. The smallest absolute Gasteiger partial charge is 0.253 e. The van der Waals surface area contributed by atoms with E-state index in [4.69, 9.17) is 5.73 Å². The van der Waals surface area contributed by atoms with Crippen LogP contribution in [0, 0.1) is 0 Å². The first-order valence-corrected chi connectivity index (χ1v) is 8.63. The number of nitrogens with two attached hydrogens (primary N) is 1. The number of thiophene rings is 1. The Bertz CT molecular complexity index is 932. The molecule has 0 spiro atoms. The summed E-state index contributed by atoms with van der Waals surface area (Å²) >= 11 is 1.68. The molecule has 3 aromatic rings. The van der Waals surface area contributed by atoms with Crippen molar-refractivity contribution in [2.75, 3.05) is 19.3 Å². The first kappa shape index (κ1) is 14.9. The minimum Gasteiger partial charge on any atom is -0.397 e. The normalized spacial score (nSPS) is 13.9. The molecule has 1 amide bonds. The van der Waals surface area contributed by atoms with Crippen molar-refractivity contribution in [3.63, 3.8) is 0 Å². The zero-order valence-electron chi connectivity index (χ0n) is 13.3. The number of nitrogen functional groups attached to an aromatic ring is 1. The van der Waals surface area contributed by atoms with Crippen LogP contribution in [0.25, 0.3) is 20.9 Å². The van der Waals surface area contributed by atoms with E-state index in [1.54, 1.807) is 22.4 Å². The van der Waals surface area contributed by atoms with Gasteiger partial charge in [0.2, 0.25) is 0 Å². The number of carbonyl (C=O) groups excluding carboxylic acids is 1. The highest BCUT2D eigenvalue weighted by atomic mass is 32.1. The number of likely N-dealkylation sites (N-methyl/N-ethyl adjacent to an activating group) is 1. The van der Waals surface area contributed by atoms with Gasteiger partial charge in [0.15, 0.2) is 0 Å². The maximum atomic E-state index is 12.4. The van der Waals surface area contributed by atoms with Gasteiger partial charge in [0.05, 0.1) is 5.69 Å². The van der Waals surface area contributed by atoms with E-state index in [0.717, 1.165) is 45.0 Å². The average molecular weight is 335 g/mol. The van der Waals surface area contributed by atoms with Crippen LogP contribution in [-0.4, -0.2) is 29.4 Å². The molecule has 4 rings (SSSR count). The molecule has 0 unspecified atom stereocenters. The Hall–Kier alpha value is -2.66. The Morgan fingerprint density at radius 3 is 2.67 bits per heavy atom. The highest BCUT2D eigenvalue weighted by Crippen LogP contribution is 2.36. The Labute approximate surface area is 144 Å². The van der Waals surface area contributed by atoms with Crippen LogP contribution in [0.4, 0.5) is 5.69 Å². The number of hydrogen-bond acceptors (Lipinski definition) is 4. The average Bonchev–Trinajstić information content (AvgIpc) is 3.08. The molecule has 5 heteroatoms. The summed E-state index contributed by atoms with van der Waals surface area (Å²) in [6.07, 6.45) is 4.38. The van der Waals surface area contributed by atoms with Gasteiger partial charge in [-0.2, -0.15) is 0 Å². The van der Waals surface area contributed by atoms with E-state index >= 15 is 0 Å². The van der Waals surface area contributed by atoms with E-state index < -0.39 is 0 Å². The van der Waals surface area contributed by atoms with Gasteiger partial charge in [0.1, 0.15) is 0 Å². The predicted octanol–water partition coefficient (Wildman–Crippen LogP) is 3.69. The van der Waals surface area contributed by atoms with Crippen molar-refractivity contribution in [3.05, 3.63) is 59.9 Å². The van der Waals surface area contributed by atoms with Crippen LogP contribution in [0.15, 0.2) is 48.8 Å². The van der Waals surface area contributed by atoms with E-state index in [1.807, 2.05) is 25.4 Å². The molecule has 2 aromatic heterocycles. The molecular weight excluding hydrogens is 318 g/mol. The van der Waals surface area contributed by atoms with Crippen LogP contribution >= 0.6 is 11.3 Å². The number of benzene rings is 1. The number of hydrogen-bond donors (Lipinski definition) is 1. The van der Waals surface area contributed by atoms with Gasteiger partial charge in [-0.1, -0.05) is 12.1 Å². The molecule has 0 fully saturated rings. The molecule has 4 nitrogen and oxygen atoms in total. The van der Waals surface area contributed by atoms with Crippen molar-refractivity contribution in [1.82, 2.24) is 9.88 Å². The van der Waals surface area contributed by atoms with Crippen molar-refractivity contribution < 1.29 is 4.79 Å². The maximum Gasteiger partial charge on any atom is 0.253 e. The highest BCUT2D eigenvalue weighted by molar-refractivity contribution is 7.18. The standard InChI is InChI=1S/C19H17N3OS/c1-22-7-6-12-2-3-13(9-16(12)19(22)23)17-4-5-18(24-17)14-8-15(20)11-21-10-14/h2-5,8-11H,6-7,20H2,1H3. The first-order valence-electron chi connectivity index (χ1n) is 7.81. The molecular formula is C19H17N3OS. The van der Waals surface area contributed by atoms with E-state index in [9.17, 15) is 4.79 Å². The second-order valence-corrected chi connectivity index (χ2v) is 7.10. The summed E-state index contributed by atoms with van der Waals surface area (Å²) in [6.45, 7) is 0.788. The summed E-state index contributed by atoms with van der Waals surface area (Å²) < 4.78 is 0. The van der Waals surface area contributed by atoms with Crippen molar-refractivity contribution in [3.8, 4) is 20.9 Å². The van der Waals surface area contributed by atoms with E-state index in [1.165, 1.54) is 0 Å². The topological polar surface area (TPSA) is 59.2 Å². The second kappa shape index (κ2) is 5.76. The monoisotopic (exact) mass is 335 g/mol. The Kier molecular flexibility index (Phi) is 3.58. The van der Waals surface area contributed by atoms with Gasteiger partial charge >= 0.3 is 0 Å². The summed E-state index contributed by atoms with van der Waals surface area (Å²) in [7, 11) is 1.86. The number of fused-ring (bicyclic) bond motifs is 1. The number of amides is 1. The second-order valence-electron chi connectivity index (χ2n) is 6.02. The summed E-state index contributed by atoms with van der Waals surface area (Å²) in [5.41, 5.74) is 10.5. The zero-order chi connectivity index (χ0) is 16.7. The van der Waals surface area contributed by atoms with E-state index in [2.05, 4.69) is 29.2 Å².